The molecule has 0 saturated carbocycles. The molecule has 0 aliphatic carbocycles. The minimum atomic E-state index is -0.288. The van der Waals surface area contributed by atoms with Crippen molar-refractivity contribution in [2.24, 2.45) is 5.92 Å². The summed E-state index contributed by atoms with van der Waals surface area (Å²) in [5.74, 6) is 0.473. The van der Waals surface area contributed by atoms with Gasteiger partial charge in [0.1, 0.15) is 0 Å². The lowest BCUT2D eigenvalue weighted by molar-refractivity contribution is 0.258. The molecular formula is C11H15FOS. The monoisotopic (exact) mass is 214 g/mol. The van der Waals surface area contributed by atoms with Crippen LogP contribution in [0, 0.1) is 11.7 Å². The van der Waals surface area contributed by atoms with Gasteiger partial charge >= 0.3 is 0 Å². The smallest absolute Gasteiger partial charge is 0.165 e. The third-order valence-corrected chi connectivity index (χ3v) is 2.44. The second-order valence-electron chi connectivity index (χ2n) is 3.50. The molecule has 0 fully saturated rings. The molecule has 14 heavy (non-hydrogen) atoms. The molecule has 0 aliphatic rings. The molecule has 0 bridgehead atoms. The van der Waals surface area contributed by atoms with E-state index in [4.69, 9.17) is 4.74 Å². The number of rotatable bonds is 4. The number of thioether (sulfide) groups is 1. The Morgan fingerprint density at radius 3 is 2.71 bits per heavy atom. The van der Waals surface area contributed by atoms with E-state index in [1.165, 1.54) is 6.07 Å². The summed E-state index contributed by atoms with van der Waals surface area (Å²) in [6.07, 6.45) is 1.96. The molecule has 3 heteroatoms. The Hall–Kier alpha value is -0.700. The Balaban J connectivity index is 2.73. The van der Waals surface area contributed by atoms with Gasteiger partial charge in [-0.25, -0.2) is 4.39 Å². The van der Waals surface area contributed by atoms with Crippen LogP contribution in [0.15, 0.2) is 23.1 Å². The third-order valence-electron chi connectivity index (χ3n) is 1.71. The van der Waals surface area contributed by atoms with E-state index in [0.717, 1.165) is 4.90 Å². The van der Waals surface area contributed by atoms with Crippen molar-refractivity contribution in [3.05, 3.63) is 24.0 Å². The second kappa shape index (κ2) is 5.25. The van der Waals surface area contributed by atoms with Crippen molar-refractivity contribution in [3.63, 3.8) is 0 Å². The van der Waals surface area contributed by atoms with Crippen LogP contribution in [0.5, 0.6) is 5.75 Å². The van der Waals surface area contributed by atoms with Crippen LogP contribution < -0.4 is 4.74 Å². The summed E-state index contributed by atoms with van der Waals surface area (Å²) in [5.41, 5.74) is 0. The van der Waals surface area contributed by atoms with Gasteiger partial charge in [-0.3, -0.25) is 0 Å². The fourth-order valence-electron chi connectivity index (χ4n) is 0.978. The number of benzene rings is 1. The van der Waals surface area contributed by atoms with Crippen LogP contribution in [-0.4, -0.2) is 12.9 Å². The van der Waals surface area contributed by atoms with E-state index in [0.29, 0.717) is 18.3 Å². The standard InChI is InChI=1S/C11H15FOS/c1-8(2)7-13-11-6-9(14-3)4-5-10(11)12/h4-6,8H,7H2,1-3H3. The first kappa shape index (κ1) is 11.4. The molecule has 1 rings (SSSR count). The van der Waals surface area contributed by atoms with Gasteiger partial charge in [0, 0.05) is 4.90 Å². The van der Waals surface area contributed by atoms with Gasteiger partial charge in [0.2, 0.25) is 0 Å². The van der Waals surface area contributed by atoms with E-state index < -0.39 is 0 Å². The zero-order valence-corrected chi connectivity index (χ0v) is 9.53. The van der Waals surface area contributed by atoms with E-state index in [9.17, 15) is 4.39 Å². The highest BCUT2D eigenvalue weighted by Crippen LogP contribution is 2.24. The highest BCUT2D eigenvalue weighted by Gasteiger charge is 2.05. The second-order valence-corrected chi connectivity index (χ2v) is 4.38. The molecule has 1 aromatic rings. The molecule has 0 N–H and O–H groups in total. The summed E-state index contributed by atoms with van der Waals surface area (Å²) in [6.45, 7) is 4.63. The summed E-state index contributed by atoms with van der Waals surface area (Å²) >= 11 is 1.58. The van der Waals surface area contributed by atoms with Gasteiger partial charge in [-0.2, -0.15) is 0 Å². The Morgan fingerprint density at radius 1 is 1.43 bits per heavy atom. The van der Waals surface area contributed by atoms with Crippen LogP contribution >= 0.6 is 11.8 Å². The zero-order valence-electron chi connectivity index (χ0n) is 8.71. The highest BCUT2D eigenvalue weighted by molar-refractivity contribution is 7.98. The fraction of sp³-hybridized carbons (Fsp3) is 0.455. The lowest BCUT2D eigenvalue weighted by Gasteiger charge is -2.10. The summed E-state index contributed by atoms with van der Waals surface area (Å²) < 4.78 is 18.6. The molecule has 0 atom stereocenters. The van der Waals surface area contributed by atoms with Crippen molar-refractivity contribution in [3.8, 4) is 5.75 Å². The van der Waals surface area contributed by atoms with Gasteiger partial charge in [0.05, 0.1) is 6.61 Å². The summed E-state index contributed by atoms with van der Waals surface area (Å²) in [6, 6.07) is 4.94. The summed E-state index contributed by atoms with van der Waals surface area (Å²) in [5, 5.41) is 0. The topological polar surface area (TPSA) is 9.23 Å². The lowest BCUT2D eigenvalue weighted by Crippen LogP contribution is -2.05. The van der Waals surface area contributed by atoms with Crippen LogP contribution in [0.4, 0.5) is 4.39 Å². The first-order chi connectivity index (χ1) is 6.63. The average molecular weight is 214 g/mol. The third kappa shape index (κ3) is 3.22. The molecule has 0 radical (unpaired) electrons. The largest absolute Gasteiger partial charge is 0.490 e. The van der Waals surface area contributed by atoms with Gasteiger partial charge in [-0.05, 0) is 30.4 Å². The van der Waals surface area contributed by atoms with Crippen LogP contribution in [0.25, 0.3) is 0 Å². The normalized spacial score (nSPS) is 10.6. The van der Waals surface area contributed by atoms with Crippen LogP contribution in [-0.2, 0) is 0 Å². The molecular weight excluding hydrogens is 199 g/mol. The molecule has 0 saturated heterocycles. The highest BCUT2D eigenvalue weighted by atomic mass is 32.2. The van der Waals surface area contributed by atoms with Crippen LogP contribution in [0.3, 0.4) is 0 Å². The van der Waals surface area contributed by atoms with Gasteiger partial charge < -0.3 is 4.74 Å². The molecule has 0 heterocycles. The molecule has 1 aromatic carbocycles. The maximum absolute atomic E-state index is 13.2. The summed E-state index contributed by atoms with van der Waals surface area (Å²) in [7, 11) is 0. The predicted molar refractivity (Wildman–Crippen MR) is 58.5 cm³/mol. The van der Waals surface area contributed by atoms with E-state index in [2.05, 4.69) is 0 Å². The van der Waals surface area contributed by atoms with Gasteiger partial charge in [-0.15, -0.1) is 11.8 Å². The Bertz CT molecular complexity index is 299. The number of halogens is 1. The maximum atomic E-state index is 13.2. The van der Waals surface area contributed by atoms with Gasteiger partial charge in [0.25, 0.3) is 0 Å². The van der Waals surface area contributed by atoms with Crippen molar-refractivity contribution in [1.82, 2.24) is 0 Å². The molecule has 0 amide bonds. The fourth-order valence-corrected chi connectivity index (χ4v) is 1.41. The first-order valence-corrected chi connectivity index (χ1v) is 5.82. The van der Waals surface area contributed by atoms with E-state index >= 15 is 0 Å². The van der Waals surface area contributed by atoms with Crippen LogP contribution in [0.1, 0.15) is 13.8 Å². The minimum Gasteiger partial charge on any atom is -0.490 e. The van der Waals surface area contributed by atoms with Crippen molar-refractivity contribution in [2.45, 2.75) is 18.7 Å². The molecule has 0 spiro atoms. The maximum Gasteiger partial charge on any atom is 0.165 e. The molecule has 1 nitrogen and oxygen atoms in total. The Labute approximate surface area is 88.7 Å². The predicted octanol–water partition coefficient (Wildman–Crippen LogP) is 3.58. The van der Waals surface area contributed by atoms with E-state index in [-0.39, 0.29) is 5.82 Å². The quantitative estimate of drug-likeness (QED) is 0.708. The minimum absolute atomic E-state index is 0.288. The Morgan fingerprint density at radius 2 is 2.14 bits per heavy atom. The van der Waals surface area contributed by atoms with E-state index in [1.54, 1.807) is 23.9 Å². The summed E-state index contributed by atoms with van der Waals surface area (Å²) in [4.78, 5) is 1.02. The molecule has 0 aliphatic heterocycles. The molecule has 0 aromatic heterocycles. The van der Waals surface area contributed by atoms with E-state index in [1.807, 2.05) is 20.1 Å². The number of hydrogen-bond donors (Lipinski definition) is 0. The molecule has 0 unspecified atom stereocenters. The Kier molecular flexibility index (Phi) is 4.26. The average Bonchev–Trinajstić information content (AvgIpc) is 2.16. The van der Waals surface area contributed by atoms with Crippen LogP contribution in [0.2, 0.25) is 0 Å². The SMILES string of the molecule is CSc1ccc(F)c(OCC(C)C)c1. The van der Waals surface area contributed by atoms with Gasteiger partial charge in [0.15, 0.2) is 11.6 Å². The lowest BCUT2D eigenvalue weighted by atomic mass is 10.2. The number of ether oxygens (including phenoxy) is 1. The van der Waals surface area contributed by atoms with Gasteiger partial charge in [-0.1, -0.05) is 13.8 Å². The molecule has 78 valence electrons. The van der Waals surface area contributed by atoms with Crippen molar-refractivity contribution in [1.29, 1.82) is 0 Å². The zero-order chi connectivity index (χ0) is 10.6. The first-order valence-electron chi connectivity index (χ1n) is 4.60. The van der Waals surface area contributed by atoms with Crippen molar-refractivity contribution in [2.75, 3.05) is 12.9 Å². The number of hydrogen-bond acceptors (Lipinski definition) is 2. The van der Waals surface area contributed by atoms with Crippen molar-refractivity contribution < 1.29 is 9.13 Å². The van der Waals surface area contributed by atoms with Crippen molar-refractivity contribution >= 4 is 11.8 Å².